The van der Waals surface area contributed by atoms with Gasteiger partial charge in [-0.15, -0.1) is 0 Å². The van der Waals surface area contributed by atoms with Crippen molar-refractivity contribution in [2.45, 2.75) is 26.2 Å². The Labute approximate surface area is 137 Å². The summed E-state index contributed by atoms with van der Waals surface area (Å²) in [5, 5.41) is 17.6. The van der Waals surface area contributed by atoms with E-state index in [1.807, 2.05) is 20.8 Å². The van der Waals surface area contributed by atoms with E-state index < -0.39 is 10.8 Å². The molecule has 3 N–H and O–H groups in total. The third kappa shape index (κ3) is 3.42. The molecule has 0 atom stereocenters. The Morgan fingerprint density at radius 1 is 1.35 bits per heavy atom. The monoisotopic (exact) mass is 337 g/mol. The molecule has 0 saturated heterocycles. The van der Waals surface area contributed by atoms with Crippen LogP contribution in [0.4, 0.5) is 11.5 Å². The van der Waals surface area contributed by atoms with Crippen LogP contribution in [0.5, 0.6) is 0 Å². The fraction of sp³-hybridized carbons (Fsp3) is 0.286. The molecule has 9 heteroatoms. The smallest absolute Gasteiger partial charge is 0.269 e. The lowest BCUT2D eigenvalue weighted by molar-refractivity contribution is -0.384. The molecule has 0 spiro atoms. The van der Waals surface area contributed by atoms with Crippen molar-refractivity contribution in [1.29, 1.82) is 0 Å². The van der Waals surface area contributed by atoms with Gasteiger partial charge in [0.1, 0.15) is 5.02 Å². The van der Waals surface area contributed by atoms with Crippen LogP contribution >= 0.6 is 11.6 Å². The van der Waals surface area contributed by atoms with E-state index in [0.717, 1.165) is 4.79 Å². The van der Waals surface area contributed by atoms with Crippen LogP contribution in [-0.4, -0.2) is 20.7 Å². The number of nitrogens with one attached hydrogen (secondary N) is 1. The maximum absolute atomic E-state index is 12.2. The number of hydrogen-bond donors (Lipinski definition) is 2. The van der Waals surface area contributed by atoms with Gasteiger partial charge in [-0.05, 0) is 12.1 Å². The number of halogens is 1. The highest BCUT2D eigenvalue weighted by Crippen LogP contribution is 2.33. The van der Waals surface area contributed by atoms with Crippen LogP contribution in [0, 0.1) is 10.1 Å². The summed E-state index contributed by atoms with van der Waals surface area (Å²) in [7, 11) is 0. The molecule has 0 unspecified atom stereocenters. The number of amides is 1. The van der Waals surface area contributed by atoms with Crippen molar-refractivity contribution >= 4 is 29.0 Å². The molecule has 0 radical (unpaired) electrons. The van der Waals surface area contributed by atoms with E-state index in [1.54, 1.807) is 0 Å². The van der Waals surface area contributed by atoms with Crippen molar-refractivity contribution < 1.29 is 9.72 Å². The number of anilines is 1. The first-order valence-electron chi connectivity index (χ1n) is 6.71. The highest BCUT2D eigenvalue weighted by Gasteiger charge is 2.26. The maximum atomic E-state index is 12.2. The molecule has 1 amide bonds. The van der Waals surface area contributed by atoms with Crippen LogP contribution in [0.1, 0.15) is 36.8 Å². The van der Waals surface area contributed by atoms with Gasteiger partial charge in [-0.1, -0.05) is 32.4 Å². The van der Waals surface area contributed by atoms with Crippen molar-refractivity contribution in [3.8, 4) is 0 Å². The number of hydrogen-bond acceptors (Lipinski definition) is 5. The Balaban J connectivity index is 2.27. The van der Waals surface area contributed by atoms with Gasteiger partial charge >= 0.3 is 0 Å². The van der Waals surface area contributed by atoms with Gasteiger partial charge in [0.15, 0.2) is 5.82 Å². The van der Waals surface area contributed by atoms with E-state index >= 15 is 0 Å². The number of carbonyl (C=O) groups excluding carboxylic acids is 1. The van der Waals surface area contributed by atoms with E-state index in [2.05, 4.69) is 10.4 Å². The molecule has 0 fully saturated rings. The van der Waals surface area contributed by atoms with Gasteiger partial charge in [-0.2, -0.15) is 9.89 Å². The van der Waals surface area contributed by atoms with E-state index in [0.29, 0.717) is 5.69 Å². The van der Waals surface area contributed by atoms with E-state index in [-0.39, 0.29) is 27.5 Å². The topological polar surface area (TPSA) is 116 Å². The number of nitro groups is 1. The highest BCUT2D eigenvalue weighted by atomic mass is 35.5. The summed E-state index contributed by atoms with van der Waals surface area (Å²) in [5.74, 6) is 5.42. The lowest BCUT2D eigenvalue weighted by Gasteiger charge is -2.15. The minimum atomic E-state index is -0.539. The Morgan fingerprint density at radius 2 is 1.91 bits per heavy atom. The Bertz CT molecular complexity index is 762. The number of nitrogen functional groups attached to an aromatic ring is 1. The summed E-state index contributed by atoms with van der Waals surface area (Å²) in [6, 6.07) is 5.19. The third-order valence-electron chi connectivity index (χ3n) is 3.14. The fourth-order valence-corrected chi connectivity index (χ4v) is 2.38. The lowest BCUT2D eigenvalue weighted by atomic mass is 9.92. The van der Waals surface area contributed by atoms with Crippen LogP contribution in [0.25, 0.3) is 0 Å². The van der Waals surface area contributed by atoms with E-state index in [9.17, 15) is 14.9 Å². The minimum Gasteiger partial charge on any atom is -0.321 e. The second-order valence-corrected chi connectivity index (χ2v) is 6.34. The molecule has 8 nitrogen and oxygen atoms in total. The standard InChI is InChI=1S/C14H16ClN5O3/c1-14(2,3)11-10(15)12(19(16)18-11)17-13(21)8-4-6-9(7-5-8)20(22)23/h4-7H,16H2,1-3H3,(H,17,21). The molecule has 2 aromatic rings. The normalized spacial score (nSPS) is 11.3. The summed E-state index contributed by atoms with van der Waals surface area (Å²) >= 11 is 6.25. The summed E-state index contributed by atoms with van der Waals surface area (Å²) in [6.07, 6.45) is 0. The van der Waals surface area contributed by atoms with E-state index in [4.69, 9.17) is 17.4 Å². The molecule has 1 heterocycles. The van der Waals surface area contributed by atoms with Gasteiger partial charge in [-0.3, -0.25) is 14.9 Å². The predicted octanol–water partition coefficient (Wildman–Crippen LogP) is 2.71. The van der Waals surface area contributed by atoms with Crippen molar-refractivity contribution in [1.82, 2.24) is 9.89 Å². The molecule has 0 aliphatic carbocycles. The van der Waals surface area contributed by atoms with Gasteiger partial charge in [0, 0.05) is 23.1 Å². The summed E-state index contributed by atoms with van der Waals surface area (Å²) in [4.78, 5) is 23.3. The SMILES string of the molecule is CC(C)(C)c1nn(N)c(NC(=O)c2ccc([N+](=O)[O-])cc2)c1Cl. The number of rotatable bonds is 3. The van der Waals surface area contributed by atoms with Crippen LogP contribution in [0.15, 0.2) is 24.3 Å². The number of nitrogens with zero attached hydrogens (tertiary/aromatic N) is 3. The fourth-order valence-electron chi connectivity index (χ4n) is 1.92. The summed E-state index contributed by atoms with van der Waals surface area (Å²) in [6.45, 7) is 5.76. The van der Waals surface area contributed by atoms with Crippen LogP contribution in [0.2, 0.25) is 5.02 Å². The molecular formula is C14H16ClN5O3. The van der Waals surface area contributed by atoms with Gasteiger partial charge in [0.05, 0.1) is 10.6 Å². The zero-order valence-electron chi connectivity index (χ0n) is 12.8. The molecule has 0 aliphatic rings. The second-order valence-electron chi connectivity index (χ2n) is 5.96. The van der Waals surface area contributed by atoms with Crippen LogP contribution < -0.4 is 11.2 Å². The van der Waals surface area contributed by atoms with Crippen LogP contribution in [0.3, 0.4) is 0 Å². The largest absolute Gasteiger partial charge is 0.321 e. The minimum absolute atomic E-state index is 0.0986. The Kier molecular flexibility index (Phi) is 4.28. The molecule has 0 aliphatic heterocycles. The molecule has 122 valence electrons. The van der Waals surface area contributed by atoms with Crippen molar-refractivity contribution in [2.75, 3.05) is 11.2 Å². The van der Waals surface area contributed by atoms with Crippen molar-refractivity contribution in [3.05, 3.63) is 50.7 Å². The first kappa shape index (κ1) is 16.8. The quantitative estimate of drug-likeness (QED) is 0.507. The number of nitrogens with two attached hydrogens (primary N) is 1. The Hall–Kier alpha value is -2.61. The molecule has 0 bridgehead atoms. The van der Waals surface area contributed by atoms with Gasteiger partial charge in [-0.25, -0.2) is 0 Å². The maximum Gasteiger partial charge on any atom is 0.269 e. The number of nitro benzene ring substituents is 1. The number of carbonyl (C=O) groups is 1. The average Bonchev–Trinajstić information content (AvgIpc) is 2.75. The molecule has 2 rings (SSSR count). The average molecular weight is 338 g/mol. The summed E-state index contributed by atoms with van der Waals surface area (Å²) in [5.41, 5.74) is 0.360. The number of non-ortho nitro benzene ring substituents is 1. The first-order valence-corrected chi connectivity index (χ1v) is 7.09. The molecule has 1 aromatic carbocycles. The van der Waals surface area contributed by atoms with Crippen molar-refractivity contribution in [3.63, 3.8) is 0 Å². The van der Waals surface area contributed by atoms with Crippen molar-refractivity contribution in [2.24, 2.45) is 0 Å². The second kappa shape index (κ2) is 5.88. The molecule has 23 heavy (non-hydrogen) atoms. The number of aromatic nitrogens is 2. The lowest BCUT2D eigenvalue weighted by Crippen LogP contribution is -2.20. The number of benzene rings is 1. The zero-order chi connectivity index (χ0) is 17.4. The van der Waals surface area contributed by atoms with E-state index in [1.165, 1.54) is 24.3 Å². The van der Waals surface area contributed by atoms with Gasteiger partial charge < -0.3 is 11.2 Å². The first-order chi connectivity index (χ1) is 10.6. The molecule has 1 aromatic heterocycles. The predicted molar refractivity (Wildman–Crippen MR) is 87.1 cm³/mol. The zero-order valence-corrected chi connectivity index (χ0v) is 13.6. The molecular weight excluding hydrogens is 322 g/mol. The van der Waals surface area contributed by atoms with Gasteiger partial charge in [0.2, 0.25) is 0 Å². The Morgan fingerprint density at radius 3 is 2.35 bits per heavy atom. The third-order valence-corrected chi connectivity index (χ3v) is 3.49. The highest BCUT2D eigenvalue weighted by molar-refractivity contribution is 6.34. The molecule has 0 saturated carbocycles. The van der Waals surface area contributed by atoms with Crippen LogP contribution in [-0.2, 0) is 5.41 Å². The summed E-state index contributed by atoms with van der Waals surface area (Å²) < 4.78 is 0. The van der Waals surface area contributed by atoms with Gasteiger partial charge in [0.25, 0.3) is 11.6 Å².